The molecule has 0 amide bonds. The first kappa shape index (κ1) is 32.0. The van der Waals surface area contributed by atoms with Gasteiger partial charge in [-0.05, 0) is 81.9 Å². The summed E-state index contributed by atoms with van der Waals surface area (Å²) in [6.45, 7) is 4.14. The minimum absolute atomic E-state index is 0.0513. The van der Waals surface area contributed by atoms with Gasteiger partial charge in [0, 0.05) is 37.3 Å². The van der Waals surface area contributed by atoms with Crippen LogP contribution in [0, 0.1) is 10.8 Å². The number of nitrogen functional groups attached to an aromatic ring is 2. The summed E-state index contributed by atoms with van der Waals surface area (Å²) < 4.78 is 11.7. The highest BCUT2D eigenvalue weighted by atomic mass is 16.5. The van der Waals surface area contributed by atoms with Crippen molar-refractivity contribution in [2.45, 2.75) is 39.4 Å². The molecule has 0 saturated heterocycles. The van der Waals surface area contributed by atoms with Crippen LogP contribution < -0.4 is 31.6 Å². The van der Waals surface area contributed by atoms with Crippen LogP contribution in [-0.4, -0.2) is 11.7 Å². The second-order valence-electron chi connectivity index (χ2n) is 11.1. The Bertz CT molecular complexity index is 1570. The summed E-state index contributed by atoms with van der Waals surface area (Å²) >= 11 is 0. The highest BCUT2D eigenvalue weighted by Crippen LogP contribution is 2.16. The van der Waals surface area contributed by atoms with Gasteiger partial charge in [-0.25, -0.2) is 0 Å². The molecule has 0 aliphatic rings. The SMILES string of the molecule is N=C(N)c1ccc(OCc2ccc(CNCc3ccc(CNCc4ccc(COc5ccc(C(=N)N)cc5)cc4)cc3)cc2)cc1. The van der Waals surface area contributed by atoms with Crippen molar-refractivity contribution in [3.63, 3.8) is 0 Å². The summed E-state index contributed by atoms with van der Waals surface area (Å²) in [4.78, 5) is 0. The van der Waals surface area contributed by atoms with Gasteiger partial charge in [0.15, 0.2) is 0 Å². The summed E-state index contributed by atoms with van der Waals surface area (Å²) in [7, 11) is 0. The van der Waals surface area contributed by atoms with E-state index >= 15 is 0 Å². The lowest BCUT2D eigenvalue weighted by molar-refractivity contribution is 0.306. The topological polar surface area (TPSA) is 142 Å². The Morgan fingerprint density at radius 1 is 0.413 bits per heavy atom. The van der Waals surface area contributed by atoms with Crippen LogP contribution in [0.15, 0.2) is 121 Å². The van der Waals surface area contributed by atoms with Crippen molar-refractivity contribution < 1.29 is 9.47 Å². The van der Waals surface area contributed by atoms with Crippen molar-refractivity contribution in [2.75, 3.05) is 0 Å². The smallest absolute Gasteiger partial charge is 0.122 e. The standard InChI is InChI=1S/C38H40N6O2/c39-37(40)33-13-17-35(18-14-33)45-25-31-9-5-29(6-10-31)23-43-21-27-1-2-28(4-3-27)22-44-24-30-7-11-32(12-8-30)26-46-36-19-15-34(16-20-36)38(41)42/h1-20,43-44H,21-26H2,(H3,39,40)(H3,41,42). The summed E-state index contributed by atoms with van der Waals surface area (Å²) in [5.74, 6) is 1.61. The van der Waals surface area contributed by atoms with Crippen molar-refractivity contribution in [1.29, 1.82) is 10.8 Å². The lowest BCUT2D eigenvalue weighted by atomic mass is 10.1. The minimum Gasteiger partial charge on any atom is -0.489 e. The summed E-state index contributed by atoms with van der Waals surface area (Å²) in [6, 6.07) is 40.0. The molecule has 0 aliphatic heterocycles. The molecule has 0 unspecified atom stereocenters. The maximum absolute atomic E-state index is 7.48. The van der Waals surface area contributed by atoms with Crippen molar-refractivity contribution in [1.82, 2.24) is 10.6 Å². The first-order valence-electron chi connectivity index (χ1n) is 15.2. The number of nitrogens with one attached hydrogen (secondary N) is 4. The zero-order valence-electron chi connectivity index (χ0n) is 25.8. The van der Waals surface area contributed by atoms with Crippen LogP contribution in [0.2, 0.25) is 0 Å². The van der Waals surface area contributed by atoms with Crippen LogP contribution in [-0.2, 0) is 39.4 Å². The molecule has 8 nitrogen and oxygen atoms in total. The van der Waals surface area contributed by atoms with Gasteiger partial charge >= 0.3 is 0 Å². The zero-order valence-corrected chi connectivity index (χ0v) is 25.8. The molecule has 0 fully saturated rings. The van der Waals surface area contributed by atoms with Crippen LogP contribution in [0.25, 0.3) is 0 Å². The molecule has 5 rings (SSSR count). The fourth-order valence-corrected chi connectivity index (χ4v) is 4.78. The van der Waals surface area contributed by atoms with E-state index in [1.807, 2.05) is 24.3 Å². The molecule has 8 heteroatoms. The maximum Gasteiger partial charge on any atom is 0.122 e. The molecule has 0 atom stereocenters. The van der Waals surface area contributed by atoms with Crippen LogP contribution in [0.5, 0.6) is 11.5 Å². The molecule has 0 aliphatic carbocycles. The van der Waals surface area contributed by atoms with Gasteiger partial charge in [-0.3, -0.25) is 10.8 Å². The third-order valence-electron chi connectivity index (χ3n) is 7.53. The van der Waals surface area contributed by atoms with Gasteiger partial charge in [-0.1, -0.05) is 72.8 Å². The van der Waals surface area contributed by atoms with E-state index < -0.39 is 0 Å². The molecular weight excluding hydrogens is 572 g/mol. The van der Waals surface area contributed by atoms with Gasteiger partial charge in [0.1, 0.15) is 36.4 Å². The Kier molecular flexibility index (Phi) is 11.1. The van der Waals surface area contributed by atoms with Crippen LogP contribution in [0.3, 0.4) is 0 Å². The van der Waals surface area contributed by atoms with E-state index in [1.54, 1.807) is 24.3 Å². The zero-order chi connectivity index (χ0) is 32.1. The summed E-state index contributed by atoms with van der Waals surface area (Å²) in [5, 5.41) is 22.0. The average molecular weight is 613 g/mol. The molecule has 0 radical (unpaired) electrons. The minimum atomic E-state index is 0.0513. The molecule has 0 aromatic heterocycles. The molecule has 0 heterocycles. The predicted octanol–water partition coefficient (Wildman–Crippen LogP) is 5.99. The second kappa shape index (κ2) is 16.0. The monoisotopic (exact) mass is 612 g/mol. The Labute approximate surface area is 270 Å². The van der Waals surface area contributed by atoms with Gasteiger partial charge in [-0.2, -0.15) is 0 Å². The molecule has 5 aromatic rings. The molecule has 234 valence electrons. The highest BCUT2D eigenvalue weighted by molar-refractivity contribution is 5.95. The Balaban J connectivity index is 0.967. The van der Waals surface area contributed by atoms with Gasteiger partial charge < -0.3 is 31.6 Å². The molecular formula is C38H40N6O2. The fourth-order valence-electron chi connectivity index (χ4n) is 4.78. The lowest BCUT2D eigenvalue weighted by Gasteiger charge is -2.10. The maximum atomic E-state index is 7.48. The van der Waals surface area contributed by atoms with E-state index in [9.17, 15) is 0 Å². The Hall–Kier alpha value is -5.44. The normalized spacial score (nSPS) is 10.8. The van der Waals surface area contributed by atoms with Crippen LogP contribution >= 0.6 is 0 Å². The average Bonchev–Trinajstić information content (AvgIpc) is 3.08. The van der Waals surface area contributed by atoms with E-state index in [1.165, 1.54) is 22.3 Å². The number of nitrogens with two attached hydrogens (primary N) is 2. The predicted molar refractivity (Wildman–Crippen MR) is 184 cm³/mol. The molecule has 0 bridgehead atoms. The number of hydrogen-bond donors (Lipinski definition) is 6. The van der Waals surface area contributed by atoms with Crippen LogP contribution in [0.1, 0.15) is 44.5 Å². The van der Waals surface area contributed by atoms with Crippen molar-refractivity contribution in [3.8, 4) is 11.5 Å². The van der Waals surface area contributed by atoms with Gasteiger partial charge in [0.25, 0.3) is 0 Å². The van der Waals surface area contributed by atoms with Crippen molar-refractivity contribution >= 4 is 11.7 Å². The number of amidine groups is 2. The number of rotatable bonds is 16. The van der Waals surface area contributed by atoms with Gasteiger partial charge in [0.2, 0.25) is 0 Å². The van der Waals surface area contributed by atoms with Crippen LogP contribution in [0.4, 0.5) is 0 Å². The van der Waals surface area contributed by atoms with E-state index in [0.29, 0.717) is 24.3 Å². The first-order valence-corrected chi connectivity index (χ1v) is 15.2. The van der Waals surface area contributed by atoms with E-state index in [0.717, 1.165) is 48.8 Å². The Morgan fingerprint density at radius 3 is 0.935 bits per heavy atom. The van der Waals surface area contributed by atoms with E-state index in [-0.39, 0.29) is 11.7 Å². The van der Waals surface area contributed by atoms with E-state index in [4.69, 9.17) is 31.8 Å². The number of hydrogen-bond acceptors (Lipinski definition) is 6. The molecule has 5 aromatic carbocycles. The number of ether oxygens (including phenoxy) is 2. The van der Waals surface area contributed by atoms with Gasteiger partial charge in [0.05, 0.1) is 0 Å². The third kappa shape index (κ3) is 9.79. The molecule has 46 heavy (non-hydrogen) atoms. The molecule has 8 N–H and O–H groups in total. The third-order valence-corrected chi connectivity index (χ3v) is 7.53. The van der Waals surface area contributed by atoms with Crippen molar-refractivity contribution in [3.05, 3.63) is 166 Å². The second-order valence-corrected chi connectivity index (χ2v) is 11.1. The fraction of sp³-hybridized carbons (Fsp3) is 0.158. The largest absolute Gasteiger partial charge is 0.489 e. The van der Waals surface area contributed by atoms with E-state index in [2.05, 4.69) is 83.4 Å². The first-order chi connectivity index (χ1) is 22.4. The molecule has 0 saturated carbocycles. The lowest BCUT2D eigenvalue weighted by Crippen LogP contribution is -2.14. The highest BCUT2D eigenvalue weighted by Gasteiger charge is 2.03. The van der Waals surface area contributed by atoms with Crippen molar-refractivity contribution in [2.24, 2.45) is 11.5 Å². The quantitative estimate of drug-likeness (QED) is 0.0597. The Morgan fingerprint density at radius 2 is 0.674 bits per heavy atom. The summed E-state index contributed by atoms with van der Waals surface area (Å²) in [6.07, 6.45) is 0. The summed E-state index contributed by atoms with van der Waals surface area (Å²) in [5.41, 5.74) is 19.5. The van der Waals surface area contributed by atoms with Gasteiger partial charge in [-0.15, -0.1) is 0 Å². The number of benzene rings is 5. The molecule has 0 spiro atoms.